The molecule has 0 saturated carbocycles. The van der Waals surface area contributed by atoms with Crippen LogP contribution >= 0.6 is 23.3 Å². The molecule has 4 rings (SSSR count). The zero-order chi connectivity index (χ0) is 19.5. The Hall–Kier alpha value is -2.84. The monoisotopic (exact) mass is 413 g/mol. The van der Waals surface area contributed by atoms with Gasteiger partial charge < -0.3 is 9.46 Å². The number of halogens is 1. The Morgan fingerprint density at radius 2 is 2.07 bits per heavy atom. The standard InChI is InChI=1S/C20H16FN3O2S2/c1-26-20(25)19-18(8-9-27-19)28-23-16-6-7-17-14(10-16)11-22-24(17)12-13-2-4-15(21)5-3-13/h2-11,23H,12H2,1H3. The molecule has 0 amide bonds. The molecule has 0 aliphatic carbocycles. The summed E-state index contributed by atoms with van der Waals surface area (Å²) in [5.41, 5.74) is 2.88. The molecule has 0 atom stereocenters. The number of fused-ring (bicyclic) bond motifs is 1. The van der Waals surface area contributed by atoms with Gasteiger partial charge in [0, 0.05) is 11.1 Å². The van der Waals surface area contributed by atoms with Crippen molar-refractivity contribution in [3.63, 3.8) is 0 Å². The van der Waals surface area contributed by atoms with E-state index in [2.05, 4.69) is 9.82 Å². The molecule has 1 N–H and O–H groups in total. The third-order valence-electron chi connectivity index (χ3n) is 4.17. The van der Waals surface area contributed by atoms with Gasteiger partial charge in [-0.2, -0.15) is 5.10 Å². The first-order valence-corrected chi connectivity index (χ1v) is 10.1. The highest BCUT2D eigenvalue weighted by Crippen LogP contribution is 2.30. The average Bonchev–Trinajstić information content (AvgIpc) is 3.34. The molecule has 142 valence electrons. The Kier molecular flexibility index (Phi) is 5.31. The number of nitrogens with one attached hydrogen (secondary N) is 1. The predicted molar refractivity (Wildman–Crippen MR) is 110 cm³/mol. The molecule has 0 unspecified atom stereocenters. The van der Waals surface area contributed by atoms with Gasteiger partial charge in [0.25, 0.3) is 0 Å². The maximum atomic E-state index is 13.1. The number of rotatable bonds is 6. The van der Waals surface area contributed by atoms with Crippen molar-refractivity contribution >= 4 is 45.8 Å². The van der Waals surface area contributed by atoms with Gasteiger partial charge in [-0.3, -0.25) is 4.68 Å². The van der Waals surface area contributed by atoms with E-state index in [0.717, 1.165) is 27.0 Å². The summed E-state index contributed by atoms with van der Waals surface area (Å²) in [6.45, 7) is 0.572. The summed E-state index contributed by atoms with van der Waals surface area (Å²) >= 11 is 2.72. The van der Waals surface area contributed by atoms with Crippen LogP contribution in [0.15, 0.2) is 65.0 Å². The number of benzene rings is 2. The fraction of sp³-hybridized carbons (Fsp3) is 0.100. The molecular formula is C20H16FN3O2S2. The van der Waals surface area contributed by atoms with Crippen molar-refractivity contribution in [2.45, 2.75) is 11.4 Å². The molecule has 2 heterocycles. The minimum Gasteiger partial charge on any atom is -0.465 e. The van der Waals surface area contributed by atoms with Crippen LogP contribution in [0.4, 0.5) is 10.1 Å². The van der Waals surface area contributed by atoms with Gasteiger partial charge in [-0.05, 0) is 59.3 Å². The van der Waals surface area contributed by atoms with Crippen LogP contribution in [-0.2, 0) is 11.3 Å². The lowest BCUT2D eigenvalue weighted by atomic mass is 10.2. The van der Waals surface area contributed by atoms with Crippen molar-refractivity contribution in [1.29, 1.82) is 0 Å². The van der Waals surface area contributed by atoms with Crippen LogP contribution < -0.4 is 4.72 Å². The van der Waals surface area contributed by atoms with Crippen LogP contribution in [0, 0.1) is 5.82 Å². The summed E-state index contributed by atoms with van der Waals surface area (Å²) < 4.78 is 23.0. The van der Waals surface area contributed by atoms with Crippen LogP contribution in [-0.4, -0.2) is 22.9 Å². The number of thiophene rings is 1. The molecule has 0 spiro atoms. The van der Waals surface area contributed by atoms with Gasteiger partial charge in [0.05, 0.1) is 30.3 Å². The van der Waals surface area contributed by atoms with Crippen molar-refractivity contribution in [2.75, 3.05) is 11.8 Å². The van der Waals surface area contributed by atoms with Crippen molar-refractivity contribution in [3.05, 3.63) is 76.4 Å². The van der Waals surface area contributed by atoms with E-state index in [1.807, 2.05) is 34.3 Å². The van der Waals surface area contributed by atoms with Gasteiger partial charge >= 0.3 is 5.97 Å². The topological polar surface area (TPSA) is 56.1 Å². The Labute approximate surface area is 169 Å². The zero-order valence-electron chi connectivity index (χ0n) is 14.9. The number of aromatic nitrogens is 2. The van der Waals surface area contributed by atoms with Gasteiger partial charge in [0.15, 0.2) is 0 Å². The number of carbonyl (C=O) groups excluding carboxylic acids is 1. The van der Waals surface area contributed by atoms with E-state index in [0.29, 0.717) is 11.4 Å². The van der Waals surface area contributed by atoms with E-state index in [1.165, 1.54) is 42.5 Å². The molecule has 5 nitrogen and oxygen atoms in total. The molecular weight excluding hydrogens is 397 g/mol. The van der Waals surface area contributed by atoms with Gasteiger partial charge in [0.2, 0.25) is 0 Å². The number of methoxy groups -OCH3 is 1. The second-order valence-corrected chi connectivity index (χ2v) is 7.78. The molecule has 8 heteroatoms. The molecule has 0 radical (unpaired) electrons. The number of esters is 1. The quantitative estimate of drug-likeness (QED) is 0.348. The van der Waals surface area contributed by atoms with Crippen molar-refractivity contribution in [3.8, 4) is 0 Å². The lowest BCUT2D eigenvalue weighted by Gasteiger charge is -2.07. The first-order valence-electron chi connectivity index (χ1n) is 8.43. The Morgan fingerprint density at radius 3 is 2.86 bits per heavy atom. The number of hydrogen-bond donors (Lipinski definition) is 1. The van der Waals surface area contributed by atoms with E-state index < -0.39 is 0 Å². The molecule has 0 aliphatic heterocycles. The fourth-order valence-electron chi connectivity index (χ4n) is 2.77. The van der Waals surface area contributed by atoms with Crippen LogP contribution in [0.5, 0.6) is 0 Å². The summed E-state index contributed by atoms with van der Waals surface area (Å²) in [4.78, 5) is 13.2. The second-order valence-electron chi connectivity index (χ2n) is 6.01. The number of hydrogen-bond acceptors (Lipinski definition) is 6. The highest BCUT2D eigenvalue weighted by atomic mass is 32.2. The van der Waals surface area contributed by atoms with Crippen molar-refractivity contribution < 1.29 is 13.9 Å². The molecule has 0 fully saturated rings. The average molecular weight is 413 g/mol. The second kappa shape index (κ2) is 8.04. The third-order valence-corrected chi connectivity index (χ3v) is 6.09. The molecule has 2 aromatic carbocycles. The first kappa shape index (κ1) is 18.5. The molecule has 4 aromatic rings. The highest BCUT2D eigenvalue weighted by molar-refractivity contribution is 8.00. The van der Waals surface area contributed by atoms with Crippen LogP contribution in [0.1, 0.15) is 15.2 Å². The van der Waals surface area contributed by atoms with Crippen LogP contribution in [0.3, 0.4) is 0 Å². The van der Waals surface area contributed by atoms with E-state index in [4.69, 9.17) is 4.74 Å². The molecule has 0 bridgehead atoms. The van der Waals surface area contributed by atoms with E-state index in [-0.39, 0.29) is 11.8 Å². The normalized spacial score (nSPS) is 10.9. The van der Waals surface area contributed by atoms with E-state index in [9.17, 15) is 9.18 Å². The van der Waals surface area contributed by atoms with Crippen LogP contribution in [0.2, 0.25) is 0 Å². The van der Waals surface area contributed by atoms with Gasteiger partial charge in [0.1, 0.15) is 10.7 Å². The Bertz CT molecular complexity index is 1120. The minimum atomic E-state index is -0.336. The SMILES string of the molecule is COC(=O)c1sccc1SNc1ccc2c(cnn2Cc2ccc(F)cc2)c1. The predicted octanol–water partition coefficient (Wildman–Crippen LogP) is 5.19. The number of nitrogens with zero attached hydrogens (tertiary/aromatic N) is 2. The maximum absolute atomic E-state index is 13.1. The lowest BCUT2D eigenvalue weighted by molar-refractivity contribution is 0.0603. The van der Waals surface area contributed by atoms with Crippen LogP contribution in [0.25, 0.3) is 10.9 Å². The molecule has 0 saturated heterocycles. The third kappa shape index (κ3) is 3.88. The summed E-state index contributed by atoms with van der Waals surface area (Å²) in [6, 6.07) is 14.3. The first-order chi connectivity index (χ1) is 13.6. The van der Waals surface area contributed by atoms with Gasteiger partial charge in [-0.1, -0.05) is 12.1 Å². The highest BCUT2D eigenvalue weighted by Gasteiger charge is 2.14. The summed E-state index contributed by atoms with van der Waals surface area (Å²) in [5, 5.41) is 7.29. The zero-order valence-corrected chi connectivity index (χ0v) is 16.5. The summed E-state index contributed by atoms with van der Waals surface area (Å²) in [5.74, 6) is -0.583. The summed E-state index contributed by atoms with van der Waals surface area (Å²) in [7, 11) is 1.38. The number of carbonyl (C=O) groups is 1. The van der Waals surface area contributed by atoms with Crippen molar-refractivity contribution in [2.24, 2.45) is 0 Å². The van der Waals surface area contributed by atoms with Crippen molar-refractivity contribution in [1.82, 2.24) is 9.78 Å². The molecule has 0 aliphatic rings. The van der Waals surface area contributed by atoms with E-state index in [1.54, 1.807) is 18.3 Å². The smallest absolute Gasteiger partial charge is 0.349 e. The Morgan fingerprint density at radius 1 is 1.25 bits per heavy atom. The number of ether oxygens (including phenoxy) is 1. The lowest BCUT2D eigenvalue weighted by Crippen LogP contribution is -2.01. The molecule has 28 heavy (non-hydrogen) atoms. The Balaban J connectivity index is 1.49. The minimum absolute atomic E-state index is 0.247. The maximum Gasteiger partial charge on any atom is 0.349 e. The molecule has 2 aromatic heterocycles. The van der Waals surface area contributed by atoms with E-state index >= 15 is 0 Å². The van der Waals surface area contributed by atoms with Gasteiger partial charge in [-0.15, -0.1) is 11.3 Å². The number of anilines is 1. The largest absolute Gasteiger partial charge is 0.465 e. The summed E-state index contributed by atoms with van der Waals surface area (Å²) in [6.07, 6.45) is 1.80. The van der Waals surface area contributed by atoms with Gasteiger partial charge in [-0.25, -0.2) is 9.18 Å². The fourth-order valence-corrected chi connectivity index (χ4v) is 4.50.